The van der Waals surface area contributed by atoms with E-state index in [0.29, 0.717) is 23.0 Å². The lowest BCUT2D eigenvalue weighted by molar-refractivity contribution is -0.124. The van der Waals surface area contributed by atoms with Crippen molar-refractivity contribution in [2.24, 2.45) is 0 Å². The number of rotatable bonds is 7. The molecule has 1 aliphatic rings. The molecule has 1 aliphatic heterocycles. The number of ether oxygens (including phenoxy) is 5. The number of hydrogen-bond acceptors (Lipinski definition) is 7. The van der Waals surface area contributed by atoms with Crippen molar-refractivity contribution >= 4 is 11.9 Å². The molecule has 0 saturated heterocycles. The fourth-order valence-corrected chi connectivity index (χ4v) is 2.78. The summed E-state index contributed by atoms with van der Waals surface area (Å²) in [5.41, 5.74) is 1.02. The Labute approximate surface area is 162 Å². The average Bonchev–Trinajstić information content (AvgIpc) is 3.19. The van der Waals surface area contributed by atoms with Crippen LogP contribution in [0.3, 0.4) is 0 Å². The quantitative estimate of drug-likeness (QED) is 0.730. The molecule has 0 aromatic heterocycles. The zero-order chi connectivity index (χ0) is 20.1. The van der Waals surface area contributed by atoms with Gasteiger partial charge in [-0.3, -0.25) is 4.79 Å². The number of carbonyl (C=O) groups is 2. The molecule has 28 heavy (non-hydrogen) atoms. The highest BCUT2D eigenvalue weighted by atomic mass is 16.7. The Kier molecular flexibility index (Phi) is 5.88. The maximum absolute atomic E-state index is 12.2. The summed E-state index contributed by atoms with van der Waals surface area (Å²) in [6.07, 6.45) is 0. The standard InChI is InChI=1S/C20H21NO7/c1-12(15-9-14(24-2)5-7-16(15)25-3)21-19(22)10-26-20(23)13-4-6-17-18(8-13)28-11-27-17/h4-9,12H,10-11H2,1-3H3,(H,21,22). The summed E-state index contributed by atoms with van der Waals surface area (Å²) >= 11 is 0. The van der Waals surface area contributed by atoms with Crippen LogP contribution in [0.1, 0.15) is 28.9 Å². The number of nitrogens with one attached hydrogen (secondary N) is 1. The summed E-state index contributed by atoms with van der Waals surface area (Å²) in [6.45, 7) is 1.50. The molecule has 1 amide bonds. The van der Waals surface area contributed by atoms with Gasteiger partial charge in [0.2, 0.25) is 6.79 Å². The lowest BCUT2D eigenvalue weighted by atomic mass is 10.1. The minimum Gasteiger partial charge on any atom is -0.497 e. The molecule has 0 saturated carbocycles. The Morgan fingerprint density at radius 3 is 2.61 bits per heavy atom. The lowest BCUT2D eigenvalue weighted by Crippen LogP contribution is -2.31. The van der Waals surface area contributed by atoms with Crippen LogP contribution in [0.4, 0.5) is 0 Å². The van der Waals surface area contributed by atoms with E-state index >= 15 is 0 Å². The summed E-state index contributed by atoms with van der Waals surface area (Å²) in [5, 5.41) is 2.77. The fraction of sp³-hybridized carbons (Fsp3) is 0.300. The second-order valence-electron chi connectivity index (χ2n) is 6.04. The van der Waals surface area contributed by atoms with Gasteiger partial charge in [-0.25, -0.2) is 4.79 Å². The third-order valence-electron chi connectivity index (χ3n) is 4.22. The summed E-state index contributed by atoms with van der Waals surface area (Å²) in [5.74, 6) is 1.23. The second kappa shape index (κ2) is 8.51. The molecule has 1 N–H and O–H groups in total. The van der Waals surface area contributed by atoms with E-state index in [2.05, 4.69) is 5.32 Å². The van der Waals surface area contributed by atoms with Gasteiger partial charge in [-0.2, -0.15) is 0 Å². The first-order valence-electron chi connectivity index (χ1n) is 8.60. The first-order chi connectivity index (χ1) is 13.5. The van der Waals surface area contributed by atoms with Crippen LogP contribution >= 0.6 is 0 Å². The number of benzene rings is 2. The van der Waals surface area contributed by atoms with Crippen molar-refractivity contribution in [3.63, 3.8) is 0 Å². The van der Waals surface area contributed by atoms with Crippen LogP contribution in [0.15, 0.2) is 36.4 Å². The van der Waals surface area contributed by atoms with Crippen molar-refractivity contribution in [2.45, 2.75) is 13.0 Å². The van der Waals surface area contributed by atoms with E-state index < -0.39 is 18.5 Å². The fourth-order valence-electron chi connectivity index (χ4n) is 2.78. The van der Waals surface area contributed by atoms with Crippen LogP contribution in [0.2, 0.25) is 0 Å². The van der Waals surface area contributed by atoms with Gasteiger partial charge in [0, 0.05) is 5.56 Å². The van der Waals surface area contributed by atoms with Gasteiger partial charge in [-0.15, -0.1) is 0 Å². The molecule has 8 heteroatoms. The van der Waals surface area contributed by atoms with Crippen molar-refractivity contribution in [3.05, 3.63) is 47.5 Å². The molecule has 0 fully saturated rings. The number of amides is 1. The van der Waals surface area contributed by atoms with E-state index in [-0.39, 0.29) is 18.4 Å². The van der Waals surface area contributed by atoms with Gasteiger partial charge in [-0.1, -0.05) is 0 Å². The summed E-state index contributed by atoms with van der Waals surface area (Å²) < 4.78 is 26.0. The van der Waals surface area contributed by atoms with Gasteiger partial charge in [0.05, 0.1) is 25.8 Å². The SMILES string of the molecule is COc1ccc(OC)c(C(C)NC(=O)COC(=O)c2ccc3c(c2)OCO3)c1. The van der Waals surface area contributed by atoms with Crippen LogP contribution in [0.5, 0.6) is 23.0 Å². The normalized spacial score (nSPS) is 12.8. The van der Waals surface area contributed by atoms with Gasteiger partial charge < -0.3 is 29.0 Å². The van der Waals surface area contributed by atoms with Gasteiger partial charge >= 0.3 is 5.97 Å². The Morgan fingerprint density at radius 2 is 1.86 bits per heavy atom. The van der Waals surface area contributed by atoms with Crippen LogP contribution in [0, 0.1) is 0 Å². The molecule has 0 aliphatic carbocycles. The Morgan fingerprint density at radius 1 is 1.07 bits per heavy atom. The van der Waals surface area contributed by atoms with Crippen molar-refractivity contribution in [3.8, 4) is 23.0 Å². The van der Waals surface area contributed by atoms with Gasteiger partial charge in [0.15, 0.2) is 18.1 Å². The van der Waals surface area contributed by atoms with E-state index in [1.807, 2.05) is 0 Å². The molecule has 3 rings (SSSR count). The Hall–Kier alpha value is -3.42. The van der Waals surface area contributed by atoms with E-state index in [1.54, 1.807) is 51.5 Å². The van der Waals surface area contributed by atoms with Gasteiger partial charge in [0.25, 0.3) is 5.91 Å². The number of fused-ring (bicyclic) bond motifs is 1. The first-order valence-corrected chi connectivity index (χ1v) is 8.60. The molecule has 8 nitrogen and oxygen atoms in total. The molecule has 0 spiro atoms. The van der Waals surface area contributed by atoms with Crippen LogP contribution in [-0.4, -0.2) is 39.5 Å². The molecule has 148 valence electrons. The molecule has 2 aromatic carbocycles. The highest BCUT2D eigenvalue weighted by Crippen LogP contribution is 2.32. The van der Waals surface area contributed by atoms with Crippen molar-refractivity contribution < 1.29 is 33.3 Å². The average molecular weight is 387 g/mol. The van der Waals surface area contributed by atoms with E-state index in [4.69, 9.17) is 23.7 Å². The molecular formula is C20H21NO7. The third kappa shape index (κ3) is 4.28. The van der Waals surface area contributed by atoms with Crippen LogP contribution < -0.4 is 24.3 Å². The minimum atomic E-state index is -0.625. The molecular weight excluding hydrogens is 366 g/mol. The molecule has 2 aromatic rings. The zero-order valence-electron chi connectivity index (χ0n) is 15.8. The molecule has 1 unspecified atom stereocenters. The zero-order valence-corrected chi connectivity index (χ0v) is 15.8. The third-order valence-corrected chi connectivity index (χ3v) is 4.22. The van der Waals surface area contributed by atoms with E-state index in [9.17, 15) is 9.59 Å². The highest BCUT2D eigenvalue weighted by Gasteiger charge is 2.19. The maximum Gasteiger partial charge on any atom is 0.338 e. The number of hydrogen-bond donors (Lipinski definition) is 1. The van der Waals surface area contributed by atoms with Gasteiger partial charge in [0.1, 0.15) is 11.5 Å². The van der Waals surface area contributed by atoms with Gasteiger partial charge in [-0.05, 0) is 43.3 Å². The van der Waals surface area contributed by atoms with E-state index in [0.717, 1.165) is 5.56 Å². The number of methoxy groups -OCH3 is 2. The number of esters is 1. The Bertz CT molecular complexity index is 881. The van der Waals surface area contributed by atoms with Crippen molar-refractivity contribution in [1.82, 2.24) is 5.32 Å². The summed E-state index contributed by atoms with van der Waals surface area (Å²) in [6, 6.07) is 9.63. The van der Waals surface area contributed by atoms with Crippen LogP contribution in [0.25, 0.3) is 0 Å². The monoisotopic (exact) mass is 387 g/mol. The molecule has 0 bridgehead atoms. The maximum atomic E-state index is 12.2. The topological polar surface area (TPSA) is 92.3 Å². The molecule has 1 atom stereocenters. The highest BCUT2D eigenvalue weighted by molar-refractivity contribution is 5.92. The second-order valence-corrected chi connectivity index (χ2v) is 6.04. The minimum absolute atomic E-state index is 0.113. The first kappa shape index (κ1) is 19.3. The summed E-state index contributed by atoms with van der Waals surface area (Å²) in [7, 11) is 3.11. The predicted molar refractivity (Wildman–Crippen MR) is 99.0 cm³/mol. The van der Waals surface area contributed by atoms with Crippen molar-refractivity contribution in [2.75, 3.05) is 27.6 Å². The largest absolute Gasteiger partial charge is 0.497 e. The number of carbonyl (C=O) groups excluding carboxylic acids is 2. The smallest absolute Gasteiger partial charge is 0.338 e. The molecule has 0 radical (unpaired) electrons. The molecule has 1 heterocycles. The predicted octanol–water partition coefficient (Wildman–Crippen LogP) is 2.47. The lowest BCUT2D eigenvalue weighted by Gasteiger charge is -2.18. The Balaban J connectivity index is 1.57. The van der Waals surface area contributed by atoms with Crippen LogP contribution in [-0.2, 0) is 9.53 Å². The van der Waals surface area contributed by atoms with E-state index in [1.165, 1.54) is 6.07 Å². The van der Waals surface area contributed by atoms with Crippen molar-refractivity contribution in [1.29, 1.82) is 0 Å². The summed E-state index contributed by atoms with van der Waals surface area (Å²) in [4.78, 5) is 24.4.